The van der Waals surface area contributed by atoms with Gasteiger partial charge in [0.15, 0.2) is 0 Å². The van der Waals surface area contributed by atoms with E-state index in [0.29, 0.717) is 23.8 Å². The van der Waals surface area contributed by atoms with Gasteiger partial charge in [-0.2, -0.15) is 0 Å². The fourth-order valence-corrected chi connectivity index (χ4v) is 2.66. The number of pyridine rings is 1. The summed E-state index contributed by atoms with van der Waals surface area (Å²) in [6, 6.07) is 1.97. The minimum absolute atomic E-state index is 0.186. The summed E-state index contributed by atoms with van der Waals surface area (Å²) in [4.78, 5) is 18.3. The Morgan fingerprint density at radius 1 is 1.68 bits per heavy atom. The van der Waals surface area contributed by atoms with E-state index in [1.807, 2.05) is 0 Å². The molecule has 1 atom stereocenters. The van der Waals surface area contributed by atoms with E-state index in [0.717, 1.165) is 19.5 Å². The molecule has 2 rings (SSSR count). The molecular weight excluding hydrogens is 264 g/mol. The Hall–Kier alpha value is -1.33. The molecule has 19 heavy (non-hydrogen) atoms. The van der Waals surface area contributed by atoms with E-state index in [9.17, 15) is 4.79 Å². The van der Waals surface area contributed by atoms with E-state index in [2.05, 4.69) is 22.1 Å². The maximum atomic E-state index is 12.1. The van der Waals surface area contributed by atoms with Crippen molar-refractivity contribution < 1.29 is 4.79 Å². The summed E-state index contributed by atoms with van der Waals surface area (Å²) in [6.07, 6.45) is 3.75. The number of halogens is 1. The van der Waals surface area contributed by atoms with Gasteiger partial charge in [-0.05, 0) is 32.0 Å². The Labute approximate surface area is 118 Å². The molecule has 0 spiro atoms. The number of nitrogens with two attached hydrogens (primary N) is 1. The van der Waals surface area contributed by atoms with Crippen molar-refractivity contribution >= 4 is 23.2 Å². The number of nitrogens with one attached hydrogen (secondary N) is 1. The molecule has 0 radical (unpaired) electrons. The molecule has 104 valence electrons. The van der Waals surface area contributed by atoms with Crippen LogP contribution in [0.5, 0.6) is 0 Å². The zero-order valence-corrected chi connectivity index (χ0v) is 11.8. The summed E-state index contributed by atoms with van der Waals surface area (Å²) >= 11 is 5.90. The third-order valence-corrected chi connectivity index (χ3v) is 3.81. The quantitative estimate of drug-likeness (QED) is 0.822. The first-order valence-electron chi connectivity index (χ1n) is 6.55. The Morgan fingerprint density at radius 2 is 2.47 bits per heavy atom. The van der Waals surface area contributed by atoms with Gasteiger partial charge in [-0.25, -0.2) is 4.98 Å². The van der Waals surface area contributed by atoms with Crippen LogP contribution in [0, 0.1) is 0 Å². The number of anilines is 1. The standard InChI is InChI=1S/C13H19ClN4O/c1-2-18-5-3-4-10(18)8-17-13(19)11-6-9(15)7-16-12(11)14/h6-7,10H,2-5,8,15H2,1H3,(H,17,19). The van der Waals surface area contributed by atoms with Gasteiger partial charge in [-0.3, -0.25) is 9.69 Å². The molecule has 0 bridgehead atoms. The second-order valence-corrected chi connectivity index (χ2v) is 5.10. The number of nitrogen functional groups attached to an aromatic ring is 1. The van der Waals surface area contributed by atoms with Crippen molar-refractivity contribution in [1.82, 2.24) is 15.2 Å². The molecule has 1 unspecified atom stereocenters. The molecule has 5 nitrogen and oxygen atoms in total. The van der Waals surface area contributed by atoms with Crippen molar-refractivity contribution in [3.63, 3.8) is 0 Å². The van der Waals surface area contributed by atoms with Crippen LogP contribution in [-0.2, 0) is 0 Å². The first kappa shape index (κ1) is 14.1. The molecule has 2 heterocycles. The summed E-state index contributed by atoms with van der Waals surface area (Å²) in [6.45, 7) is 4.90. The lowest BCUT2D eigenvalue weighted by Crippen LogP contribution is -2.40. The van der Waals surface area contributed by atoms with Gasteiger partial charge in [0.1, 0.15) is 5.15 Å². The minimum atomic E-state index is -0.215. The SMILES string of the molecule is CCN1CCCC1CNC(=O)c1cc(N)cnc1Cl. The Kier molecular flexibility index (Phi) is 4.61. The van der Waals surface area contributed by atoms with Crippen LogP contribution in [0.1, 0.15) is 30.1 Å². The molecule has 1 aliphatic rings. The number of nitrogens with zero attached hydrogens (tertiary/aromatic N) is 2. The molecule has 0 aromatic carbocycles. The highest BCUT2D eigenvalue weighted by Gasteiger charge is 2.23. The molecule has 3 N–H and O–H groups in total. The number of likely N-dealkylation sites (N-methyl/N-ethyl adjacent to an activating group) is 1. The fourth-order valence-electron chi connectivity index (χ4n) is 2.47. The average Bonchev–Trinajstić information content (AvgIpc) is 2.86. The van der Waals surface area contributed by atoms with Crippen LogP contribution < -0.4 is 11.1 Å². The van der Waals surface area contributed by atoms with Crippen LogP contribution in [0.25, 0.3) is 0 Å². The minimum Gasteiger partial charge on any atom is -0.397 e. The second kappa shape index (κ2) is 6.21. The van der Waals surface area contributed by atoms with Gasteiger partial charge in [-0.1, -0.05) is 18.5 Å². The largest absolute Gasteiger partial charge is 0.397 e. The highest BCUT2D eigenvalue weighted by atomic mass is 35.5. The molecule has 1 amide bonds. The summed E-state index contributed by atoms with van der Waals surface area (Å²) in [5, 5.41) is 3.10. The van der Waals surface area contributed by atoms with E-state index in [4.69, 9.17) is 17.3 Å². The normalized spacial score (nSPS) is 19.6. The van der Waals surface area contributed by atoms with Crippen molar-refractivity contribution in [2.75, 3.05) is 25.4 Å². The number of hydrogen-bond donors (Lipinski definition) is 2. The molecule has 0 aliphatic carbocycles. The first-order valence-corrected chi connectivity index (χ1v) is 6.93. The first-order chi connectivity index (χ1) is 9.11. The van der Waals surface area contributed by atoms with Gasteiger partial charge in [-0.15, -0.1) is 0 Å². The van der Waals surface area contributed by atoms with Crippen molar-refractivity contribution in [2.24, 2.45) is 0 Å². The van der Waals surface area contributed by atoms with E-state index < -0.39 is 0 Å². The molecule has 1 aliphatic heterocycles. The number of aromatic nitrogens is 1. The number of hydrogen-bond acceptors (Lipinski definition) is 4. The highest BCUT2D eigenvalue weighted by Crippen LogP contribution is 2.17. The Morgan fingerprint density at radius 3 is 3.21 bits per heavy atom. The molecule has 1 aromatic rings. The lowest BCUT2D eigenvalue weighted by Gasteiger charge is -2.22. The van der Waals surface area contributed by atoms with Crippen molar-refractivity contribution in [3.05, 3.63) is 23.0 Å². The Bertz CT molecular complexity index is 466. The topological polar surface area (TPSA) is 71.2 Å². The molecule has 1 saturated heterocycles. The third-order valence-electron chi connectivity index (χ3n) is 3.51. The summed E-state index contributed by atoms with van der Waals surface area (Å²) < 4.78 is 0. The predicted molar refractivity (Wildman–Crippen MR) is 76.3 cm³/mol. The van der Waals surface area contributed by atoms with Gasteiger partial charge in [0.25, 0.3) is 5.91 Å². The average molecular weight is 283 g/mol. The van der Waals surface area contributed by atoms with Crippen molar-refractivity contribution in [1.29, 1.82) is 0 Å². The fraction of sp³-hybridized carbons (Fsp3) is 0.538. The van der Waals surface area contributed by atoms with Gasteiger partial charge in [0.05, 0.1) is 17.4 Å². The van der Waals surface area contributed by atoms with E-state index >= 15 is 0 Å². The Balaban J connectivity index is 1.96. The lowest BCUT2D eigenvalue weighted by atomic mass is 10.2. The monoisotopic (exact) mass is 282 g/mol. The summed E-state index contributed by atoms with van der Waals surface area (Å²) in [5.74, 6) is -0.215. The van der Waals surface area contributed by atoms with Crippen LogP contribution in [0.15, 0.2) is 12.3 Å². The van der Waals surface area contributed by atoms with Crippen LogP contribution in [0.3, 0.4) is 0 Å². The highest BCUT2D eigenvalue weighted by molar-refractivity contribution is 6.32. The van der Waals surface area contributed by atoms with Gasteiger partial charge in [0.2, 0.25) is 0 Å². The number of carbonyl (C=O) groups excluding carboxylic acids is 1. The third kappa shape index (κ3) is 3.36. The van der Waals surface area contributed by atoms with E-state index in [1.54, 1.807) is 6.07 Å². The number of likely N-dealkylation sites (tertiary alicyclic amines) is 1. The maximum absolute atomic E-state index is 12.1. The van der Waals surface area contributed by atoms with Gasteiger partial charge < -0.3 is 11.1 Å². The van der Waals surface area contributed by atoms with Crippen LogP contribution >= 0.6 is 11.6 Å². The van der Waals surface area contributed by atoms with E-state index in [-0.39, 0.29) is 11.1 Å². The van der Waals surface area contributed by atoms with Crippen molar-refractivity contribution in [3.8, 4) is 0 Å². The number of rotatable bonds is 4. The molecule has 6 heteroatoms. The van der Waals surface area contributed by atoms with Crippen LogP contribution in [0.2, 0.25) is 5.15 Å². The zero-order valence-electron chi connectivity index (χ0n) is 11.0. The molecule has 1 fully saturated rings. The second-order valence-electron chi connectivity index (χ2n) is 4.74. The number of amides is 1. The van der Waals surface area contributed by atoms with E-state index in [1.165, 1.54) is 12.6 Å². The summed E-state index contributed by atoms with van der Waals surface area (Å²) in [7, 11) is 0. The molecular formula is C13H19ClN4O. The van der Waals surface area contributed by atoms with Gasteiger partial charge >= 0.3 is 0 Å². The molecule has 1 aromatic heterocycles. The van der Waals surface area contributed by atoms with Gasteiger partial charge in [0, 0.05) is 12.6 Å². The molecule has 0 saturated carbocycles. The number of carbonyl (C=O) groups is 1. The lowest BCUT2D eigenvalue weighted by molar-refractivity contribution is 0.0941. The van der Waals surface area contributed by atoms with Crippen LogP contribution in [0.4, 0.5) is 5.69 Å². The summed E-state index contributed by atoms with van der Waals surface area (Å²) in [5.41, 5.74) is 6.39. The predicted octanol–water partition coefficient (Wildman–Crippen LogP) is 1.53. The maximum Gasteiger partial charge on any atom is 0.254 e. The van der Waals surface area contributed by atoms with Crippen LogP contribution in [-0.4, -0.2) is 41.5 Å². The smallest absolute Gasteiger partial charge is 0.254 e. The van der Waals surface area contributed by atoms with Crippen molar-refractivity contribution in [2.45, 2.75) is 25.8 Å². The zero-order chi connectivity index (χ0) is 13.8.